The Labute approximate surface area is 119 Å². The van der Waals surface area contributed by atoms with Gasteiger partial charge in [0, 0.05) is 30.4 Å². The average Bonchev–Trinajstić information content (AvgIpc) is 2.70. The first kappa shape index (κ1) is 13.5. The van der Waals surface area contributed by atoms with Crippen molar-refractivity contribution in [1.82, 2.24) is 14.6 Å². The summed E-state index contributed by atoms with van der Waals surface area (Å²) < 4.78 is 1.40. The van der Waals surface area contributed by atoms with Crippen molar-refractivity contribution in [3.8, 4) is 0 Å². The third-order valence-corrected chi connectivity index (χ3v) is 5.12. The third-order valence-electron chi connectivity index (χ3n) is 4.70. The van der Waals surface area contributed by atoms with Gasteiger partial charge in [0.1, 0.15) is 0 Å². The highest BCUT2D eigenvalue weighted by molar-refractivity contribution is 6.21. The molecule has 0 saturated carbocycles. The van der Waals surface area contributed by atoms with Crippen molar-refractivity contribution < 1.29 is 9.90 Å². The minimum absolute atomic E-state index is 0.0604. The summed E-state index contributed by atoms with van der Waals surface area (Å²) in [5.74, 6) is 0. The van der Waals surface area contributed by atoms with Crippen molar-refractivity contribution in [1.29, 1.82) is 0 Å². The summed E-state index contributed by atoms with van der Waals surface area (Å²) in [6.07, 6.45) is 5.19. The number of hydrogen-bond acceptors (Lipinski definition) is 3. The van der Waals surface area contributed by atoms with Gasteiger partial charge in [0.25, 0.3) is 0 Å². The van der Waals surface area contributed by atoms with Gasteiger partial charge in [-0.25, -0.2) is 9.21 Å². The zero-order chi connectivity index (χ0) is 13.4. The molecule has 3 rings (SSSR count). The summed E-state index contributed by atoms with van der Waals surface area (Å²) in [6, 6.07) is 0.391. The Morgan fingerprint density at radius 3 is 2.53 bits per heavy atom. The number of carbonyl (C=O) groups is 1. The predicted octanol–water partition coefficient (Wildman–Crippen LogP) is 1.30. The maximum absolute atomic E-state index is 12.6. The van der Waals surface area contributed by atoms with Crippen molar-refractivity contribution in [2.24, 2.45) is 0 Å². The van der Waals surface area contributed by atoms with Crippen molar-refractivity contribution >= 4 is 17.8 Å². The topological polar surface area (TPSA) is 55.8 Å². The zero-order valence-electron chi connectivity index (χ0n) is 11.1. The molecule has 0 unspecified atom stereocenters. The van der Waals surface area contributed by atoms with E-state index in [2.05, 4.69) is 5.32 Å². The molecule has 0 aromatic rings. The number of urea groups is 1. The summed E-state index contributed by atoms with van der Waals surface area (Å²) >= 11 is 6.28. The smallest absolute Gasteiger partial charge is 0.335 e. The summed E-state index contributed by atoms with van der Waals surface area (Å²) in [7, 11) is 0. The molecule has 3 aliphatic rings. The minimum Gasteiger partial charge on any atom is -0.393 e. The van der Waals surface area contributed by atoms with Gasteiger partial charge in [-0.05, 0) is 45.1 Å². The molecule has 3 heterocycles. The molecule has 0 aromatic heterocycles. The number of halogens is 1. The van der Waals surface area contributed by atoms with Gasteiger partial charge in [-0.3, -0.25) is 0 Å². The molecule has 3 aliphatic heterocycles. The van der Waals surface area contributed by atoms with E-state index in [1.165, 1.54) is 4.42 Å². The second-order valence-corrected chi connectivity index (χ2v) is 6.38. The number of fused-ring (bicyclic) bond motifs is 2. The summed E-state index contributed by atoms with van der Waals surface area (Å²) in [5, 5.41) is 13.1. The fourth-order valence-corrected chi connectivity index (χ4v) is 4.01. The number of aliphatic hydroxyl groups excluding tert-OH is 1. The largest absolute Gasteiger partial charge is 0.393 e. The van der Waals surface area contributed by atoms with Crippen molar-refractivity contribution in [2.45, 2.75) is 62.8 Å². The zero-order valence-corrected chi connectivity index (χ0v) is 11.9. The van der Waals surface area contributed by atoms with Gasteiger partial charge in [-0.15, -0.1) is 0 Å². The molecule has 6 heteroatoms. The highest BCUT2D eigenvalue weighted by Gasteiger charge is 2.45. The number of rotatable bonds is 1. The SMILES string of the molecule is O=C(N(Cl)[C@H]1CCCNC1)N1[C@H]2CC[C@H]1CC(O)C2. The van der Waals surface area contributed by atoms with Gasteiger partial charge < -0.3 is 15.3 Å². The lowest BCUT2D eigenvalue weighted by Crippen LogP contribution is -2.54. The van der Waals surface area contributed by atoms with E-state index in [-0.39, 0.29) is 30.3 Å². The van der Waals surface area contributed by atoms with E-state index in [9.17, 15) is 9.90 Å². The Morgan fingerprint density at radius 2 is 1.95 bits per heavy atom. The highest BCUT2D eigenvalue weighted by Crippen LogP contribution is 2.37. The molecule has 2 N–H and O–H groups in total. The highest BCUT2D eigenvalue weighted by atomic mass is 35.5. The first-order chi connectivity index (χ1) is 9.16. The molecule has 3 fully saturated rings. The Hall–Kier alpha value is -0.520. The Bertz CT molecular complexity index is 335. The minimum atomic E-state index is -0.248. The van der Waals surface area contributed by atoms with Gasteiger partial charge in [-0.2, -0.15) is 0 Å². The number of carbonyl (C=O) groups excluding carboxylic acids is 1. The van der Waals surface area contributed by atoms with Crippen LogP contribution in [-0.2, 0) is 0 Å². The normalized spacial score (nSPS) is 38.3. The molecular weight excluding hydrogens is 266 g/mol. The average molecular weight is 288 g/mol. The third kappa shape index (κ3) is 2.56. The van der Waals surface area contributed by atoms with Crippen LogP contribution >= 0.6 is 11.8 Å². The van der Waals surface area contributed by atoms with Crippen LogP contribution in [0.3, 0.4) is 0 Å². The molecule has 0 spiro atoms. The van der Waals surface area contributed by atoms with E-state index >= 15 is 0 Å². The Kier molecular flexibility index (Phi) is 3.87. The number of piperidine rings is 2. The van der Waals surface area contributed by atoms with Crippen LogP contribution in [-0.4, -0.2) is 57.8 Å². The van der Waals surface area contributed by atoms with Crippen LogP contribution < -0.4 is 5.32 Å². The van der Waals surface area contributed by atoms with E-state index in [1.54, 1.807) is 0 Å². The molecule has 0 aromatic carbocycles. The van der Waals surface area contributed by atoms with E-state index < -0.39 is 0 Å². The Morgan fingerprint density at radius 1 is 1.26 bits per heavy atom. The lowest BCUT2D eigenvalue weighted by Gasteiger charge is -2.40. The van der Waals surface area contributed by atoms with Crippen molar-refractivity contribution in [3.63, 3.8) is 0 Å². The van der Waals surface area contributed by atoms with Gasteiger partial charge >= 0.3 is 6.03 Å². The van der Waals surface area contributed by atoms with Crippen LogP contribution in [0.25, 0.3) is 0 Å². The molecule has 108 valence electrons. The summed E-state index contributed by atoms with van der Waals surface area (Å²) in [4.78, 5) is 14.5. The molecule has 2 bridgehead atoms. The standard InChI is InChI=1S/C13H22ClN3O2/c14-17(11-2-1-5-15-8-11)13(19)16-9-3-4-10(16)7-12(18)6-9/h9-12,15,18H,1-8H2/t9-,10-,11-/m0/s1. The summed E-state index contributed by atoms with van der Waals surface area (Å²) in [6.45, 7) is 1.79. The maximum atomic E-state index is 12.6. The Balaban J connectivity index is 1.66. The van der Waals surface area contributed by atoms with Crippen LogP contribution in [0.15, 0.2) is 0 Å². The van der Waals surface area contributed by atoms with Crippen LogP contribution in [0.2, 0.25) is 0 Å². The molecule has 2 amide bonds. The van der Waals surface area contributed by atoms with Gasteiger partial charge in [0.2, 0.25) is 0 Å². The fraction of sp³-hybridized carbons (Fsp3) is 0.923. The molecule has 3 saturated heterocycles. The fourth-order valence-electron chi connectivity index (χ4n) is 3.75. The molecule has 0 radical (unpaired) electrons. The van der Waals surface area contributed by atoms with Gasteiger partial charge in [-0.1, -0.05) is 0 Å². The number of amides is 2. The predicted molar refractivity (Wildman–Crippen MR) is 72.9 cm³/mol. The monoisotopic (exact) mass is 287 g/mol. The number of nitrogens with one attached hydrogen (secondary N) is 1. The number of hydrogen-bond donors (Lipinski definition) is 2. The lowest BCUT2D eigenvalue weighted by atomic mass is 10.0. The number of aliphatic hydroxyl groups is 1. The van der Waals surface area contributed by atoms with Crippen molar-refractivity contribution in [3.05, 3.63) is 0 Å². The molecule has 3 atom stereocenters. The number of nitrogens with zero attached hydrogens (tertiary/aromatic N) is 2. The molecule has 5 nitrogen and oxygen atoms in total. The van der Waals surface area contributed by atoms with E-state index in [1.807, 2.05) is 4.90 Å². The first-order valence-electron chi connectivity index (χ1n) is 7.33. The second-order valence-electron chi connectivity index (χ2n) is 6.01. The lowest BCUT2D eigenvalue weighted by molar-refractivity contribution is 0.0462. The quantitative estimate of drug-likeness (QED) is 0.715. The van der Waals surface area contributed by atoms with Gasteiger partial charge in [0.15, 0.2) is 0 Å². The van der Waals surface area contributed by atoms with E-state index in [0.29, 0.717) is 12.8 Å². The molecule has 19 heavy (non-hydrogen) atoms. The van der Waals surface area contributed by atoms with Gasteiger partial charge in [0.05, 0.1) is 12.1 Å². The maximum Gasteiger partial charge on any atom is 0.335 e. The molecule has 0 aliphatic carbocycles. The molecular formula is C13H22ClN3O2. The van der Waals surface area contributed by atoms with Crippen LogP contribution in [0.5, 0.6) is 0 Å². The van der Waals surface area contributed by atoms with E-state index in [0.717, 1.165) is 38.8 Å². The van der Waals surface area contributed by atoms with Crippen LogP contribution in [0.4, 0.5) is 4.79 Å². The van der Waals surface area contributed by atoms with Crippen LogP contribution in [0.1, 0.15) is 38.5 Å². The first-order valence-corrected chi connectivity index (χ1v) is 7.66. The summed E-state index contributed by atoms with van der Waals surface area (Å²) in [5.41, 5.74) is 0. The second kappa shape index (κ2) is 5.46. The van der Waals surface area contributed by atoms with Crippen LogP contribution in [0, 0.1) is 0 Å². The van der Waals surface area contributed by atoms with E-state index in [4.69, 9.17) is 11.8 Å². The van der Waals surface area contributed by atoms with Crippen molar-refractivity contribution in [2.75, 3.05) is 13.1 Å².